The summed E-state index contributed by atoms with van der Waals surface area (Å²) < 4.78 is 5.42. The lowest BCUT2D eigenvalue weighted by atomic mass is 10.1. The molecule has 1 N–H and O–H groups in total. The average molecular weight is 248 g/mol. The molecule has 4 heteroatoms. The third-order valence-electron chi connectivity index (χ3n) is 2.59. The number of ether oxygens (including phenoxy) is 1. The van der Waals surface area contributed by atoms with Gasteiger partial charge in [0.25, 0.3) is 0 Å². The van der Waals surface area contributed by atoms with Gasteiger partial charge in [-0.05, 0) is 26.1 Å². The van der Waals surface area contributed by atoms with Crippen molar-refractivity contribution in [3.63, 3.8) is 0 Å². The van der Waals surface area contributed by atoms with Crippen LogP contribution >= 0.6 is 11.3 Å². The minimum atomic E-state index is 0.774. The van der Waals surface area contributed by atoms with Crippen molar-refractivity contribution in [2.75, 3.05) is 14.2 Å². The van der Waals surface area contributed by atoms with Crippen molar-refractivity contribution in [1.29, 1.82) is 0 Å². The molecule has 0 unspecified atom stereocenters. The molecule has 0 saturated carbocycles. The van der Waals surface area contributed by atoms with Crippen molar-refractivity contribution in [2.45, 2.75) is 13.5 Å². The van der Waals surface area contributed by atoms with Gasteiger partial charge >= 0.3 is 0 Å². The quantitative estimate of drug-likeness (QED) is 0.903. The summed E-state index contributed by atoms with van der Waals surface area (Å²) in [4.78, 5) is 5.57. The Morgan fingerprint density at radius 1 is 1.41 bits per heavy atom. The number of nitrogens with zero attached hydrogens (tertiary/aromatic N) is 1. The predicted molar refractivity (Wildman–Crippen MR) is 71.6 cm³/mol. The highest BCUT2D eigenvalue weighted by molar-refractivity contribution is 7.13. The fourth-order valence-electron chi connectivity index (χ4n) is 1.78. The predicted octanol–water partition coefficient (Wildman–Crippen LogP) is 2.85. The lowest BCUT2D eigenvalue weighted by Crippen LogP contribution is -2.06. The van der Waals surface area contributed by atoms with Crippen LogP contribution in [-0.4, -0.2) is 19.1 Å². The molecule has 1 aromatic carbocycles. The van der Waals surface area contributed by atoms with Crippen LogP contribution in [0.2, 0.25) is 0 Å². The number of thiazole rings is 1. The molecule has 0 atom stereocenters. The molecule has 0 fully saturated rings. The summed E-state index contributed by atoms with van der Waals surface area (Å²) in [6.07, 6.45) is 0. The number of hydrogen-bond donors (Lipinski definition) is 1. The Morgan fingerprint density at radius 3 is 2.94 bits per heavy atom. The first-order chi connectivity index (χ1) is 8.26. The number of benzene rings is 1. The Hall–Kier alpha value is -1.39. The molecule has 0 bridgehead atoms. The van der Waals surface area contributed by atoms with E-state index in [-0.39, 0.29) is 0 Å². The van der Waals surface area contributed by atoms with Gasteiger partial charge in [0.05, 0.1) is 23.2 Å². The van der Waals surface area contributed by atoms with Crippen molar-refractivity contribution in [2.24, 2.45) is 0 Å². The third kappa shape index (κ3) is 2.48. The molecular weight excluding hydrogens is 232 g/mol. The Bertz CT molecular complexity index is 508. The van der Waals surface area contributed by atoms with Crippen LogP contribution in [0.5, 0.6) is 5.75 Å². The van der Waals surface area contributed by atoms with Crippen molar-refractivity contribution in [3.05, 3.63) is 35.0 Å². The number of rotatable bonds is 4. The topological polar surface area (TPSA) is 34.2 Å². The highest BCUT2D eigenvalue weighted by Gasteiger charge is 2.12. The molecule has 90 valence electrons. The molecular formula is C13H16N2OS. The Labute approximate surface area is 105 Å². The van der Waals surface area contributed by atoms with Gasteiger partial charge in [0.15, 0.2) is 0 Å². The Kier molecular flexibility index (Phi) is 3.76. The lowest BCUT2D eigenvalue weighted by molar-refractivity contribution is 0.416. The first-order valence-electron chi connectivity index (χ1n) is 5.48. The van der Waals surface area contributed by atoms with Gasteiger partial charge in [-0.15, -0.1) is 11.3 Å². The van der Waals surface area contributed by atoms with Gasteiger partial charge < -0.3 is 10.1 Å². The first-order valence-corrected chi connectivity index (χ1v) is 6.36. The molecule has 0 saturated heterocycles. The van der Waals surface area contributed by atoms with Gasteiger partial charge in [0.2, 0.25) is 0 Å². The summed E-state index contributed by atoms with van der Waals surface area (Å²) >= 11 is 1.65. The summed E-state index contributed by atoms with van der Waals surface area (Å²) in [5.74, 6) is 0.900. The molecule has 0 radical (unpaired) electrons. The Balaban J connectivity index is 2.51. The van der Waals surface area contributed by atoms with E-state index < -0.39 is 0 Å². The fraction of sp³-hybridized carbons (Fsp3) is 0.308. The molecule has 0 spiro atoms. The van der Waals surface area contributed by atoms with Crippen LogP contribution in [0.4, 0.5) is 0 Å². The van der Waals surface area contributed by atoms with Crippen LogP contribution in [0, 0.1) is 6.92 Å². The summed E-state index contributed by atoms with van der Waals surface area (Å²) in [5, 5.41) is 3.14. The maximum Gasteiger partial charge on any atom is 0.127 e. The minimum absolute atomic E-state index is 0.774. The molecule has 0 aliphatic heterocycles. The molecule has 2 rings (SSSR count). The van der Waals surface area contributed by atoms with E-state index in [0.29, 0.717) is 0 Å². The standard InChI is InChI=1S/C13H16N2OS/c1-9-4-5-12(16-3)10(6-9)13-11(7-14-2)15-8-17-13/h4-6,8,14H,7H2,1-3H3. The van der Waals surface area contributed by atoms with E-state index in [1.165, 1.54) is 10.4 Å². The second-order valence-electron chi connectivity index (χ2n) is 3.86. The van der Waals surface area contributed by atoms with Crippen LogP contribution in [0.3, 0.4) is 0 Å². The zero-order chi connectivity index (χ0) is 12.3. The second kappa shape index (κ2) is 5.29. The monoisotopic (exact) mass is 248 g/mol. The molecule has 0 amide bonds. The summed E-state index contributed by atoms with van der Waals surface area (Å²) in [6, 6.07) is 6.21. The van der Waals surface area contributed by atoms with Crippen LogP contribution in [0.25, 0.3) is 10.4 Å². The lowest BCUT2D eigenvalue weighted by Gasteiger charge is -2.09. The summed E-state index contributed by atoms with van der Waals surface area (Å²) in [7, 11) is 3.63. The van der Waals surface area contributed by atoms with Gasteiger partial charge in [-0.25, -0.2) is 4.98 Å². The van der Waals surface area contributed by atoms with E-state index in [0.717, 1.165) is 23.6 Å². The van der Waals surface area contributed by atoms with E-state index in [1.807, 2.05) is 18.6 Å². The first kappa shape index (κ1) is 12.1. The van der Waals surface area contributed by atoms with Crippen LogP contribution in [0.1, 0.15) is 11.3 Å². The maximum absolute atomic E-state index is 5.42. The van der Waals surface area contributed by atoms with E-state index in [1.54, 1.807) is 18.4 Å². The molecule has 3 nitrogen and oxygen atoms in total. The fourth-order valence-corrected chi connectivity index (χ4v) is 2.61. The van der Waals surface area contributed by atoms with E-state index in [2.05, 4.69) is 29.4 Å². The molecule has 2 aromatic rings. The Morgan fingerprint density at radius 2 is 2.24 bits per heavy atom. The highest BCUT2D eigenvalue weighted by atomic mass is 32.1. The molecule has 1 heterocycles. The largest absolute Gasteiger partial charge is 0.496 e. The smallest absolute Gasteiger partial charge is 0.127 e. The number of hydrogen-bond acceptors (Lipinski definition) is 4. The highest BCUT2D eigenvalue weighted by Crippen LogP contribution is 2.35. The van der Waals surface area contributed by atoms with Crippen molar-refractivity contribution < 1.29 is 4.74 Å². The number of methoxy groups -OCH3 is 1. The minimum Gasteiger partial charge on any atom is -0.496 e. The van der Waals surface area contributed by atoms with Gasteiger partial charge in [0, 0.05) is 12.1 Å². The van der Waals surface area contributed by atoms with E-state index in [4.69, 9.17) is 4.74 Å². The molecule has 1 aromatic heterocycles. The summed E-state index contributed by atoms with van der Waals surface area (Å²) in [5.41, 5.74) is 5.30. The van der Waals surface area contributed by atoms with Crippen molar-refractivity contribution >= 4 is 11.3 Å². The normalized spacial score (nSPS) is 10.5. The van der Waals surface area contributed by atoms with Gasteiger partial charge in [-0.2, -0.15) is 0 Å². The van der Waals surface area contributed by atoms with Gasteiger partial charge in [0.1, 0.15) is 5.75 Å². The number of nitrogens with one attached hydrogen (secondary N) is 1. The van der Waals surface area contributed by atoms with Crippen molar-refractivity contribution in [1.82, 2.24) is 10.3 Å². The molecule has 0 aliphatic rings. The van der Waals surface area contributed by atoms with E-state index in [9.17, 15) is 0 Å². The van der Waals surface area contributed by atoms with E-state index >= 15 is 0 Å². The van der Waals surface area contributed by atoms with Gasteiger partial charge in [-0.1, -0.05) is 11.6 Å². The number of aromatic nitrogens is 1. The molecule has 0 aliphatic carbocycles. The average Bonchev–Trinajstić information content (AvgIpc) is 2.77. The zero-order valence-corrected chi connectivity index (χ0v) is 11.1. The van der Waals surface area contributed by atoms with Crippen molar-refractivity contribution in [3.8, 4) is 16.2 Å². The second-order valence-corrected chi connectivity index (χ2v) is 4.72. The van der Waals surface area contributed by atoms with Crippen LogP contribution in [-0.2, 0) is 6.54 Å². The molecule has 17 heavy (non-hydrogen) atoms. The third-order valence-corrected chi connectivity index (χ3v) is 3.49. The maximum atomic E-state index is 5.42. The van der Waals surface area contributed by atoms with Gasteiger partial charge in [-0.3, -0.25) is 0 Å². The van der Waals surface area contributed by atoms with Crippen LogP contribution in [0.15, 0.2) is 23.7 Å². The summed E-state index contributed by atoms with van der Waals surface area (Å²) in [6.45, 7) is 2.86. The SMILES string of the molecule is CNCc1ncsc1-c1cc(C)ccc1OC. The zero-order valence-electron chi connectivity index (χ0n) is 10.3. The van der Waals surface area contributed by atoms with Crippen LogP contribution < -0.4 is 10.1 Å². The number of aryl methyl sites for hydroxylation is 1.